The van der Waals surface area contributed by atoms with Gasteiger partial charge in [0.25, 0.3) is 11.6 Å². The summed E-state index contributed by atoms with van der Waals surface area (Å²) in [5.41, 5.74) is 12.6. The SMILES string of the molecule is NC(=O)c1sc2nc(NC3CC3)nc(-c3cccc([N+](=O)[O-])c3)c2c1N. The van der Waals surface area contributed by atoms with Crippen LogP contribution < -0.4 is 16.8 Å². The summed E-state index contributed by atoms with van der Waals surface area (Å²) < 4.78 is 0. The molecule has 0 spiro atoms. The number of benzene rings is 1. The fraction of sp³-hybridized carbons (Fsp3) is 0.188. The molecule has 2 aromatic heterocycles. The van der Waals surface area contributed by atoms with Crippen molar-refractivity contribution in [2.75, 3.05) is 11.1 Å². The highest BCUT2D eigenvalue weighted by Gasteiger charge is 2.25. The summed E-state index contributed by atoms with van der Waals surface area (Å²) in [6.07, 6.45) is 2.07. The number of primary amides is 1. The molecule has 10 heteroatoms. The number of carbonyl (C=O) groups excluding carboxylic acids is 1. The molecule has 0 atom stereocenters. The molecule has 5 N–H and O–H groups in total. The molecule has 3 aromatic rings. The Morgan fingerprint density at radius 2 is 2.12 bits per heavy atom. The number of fused-ring (bicyclic) bond motifs is 1. The van der Waals surface area contributed by atoms with Crippen molar-refractivity contribution in [2.45, 2.75) is 18.9 Å². The molecular formula is C16H14N6O3S. The Bertz CT molecular complexity index is 1060. The third kappa shape index (κ3) is 2.80. The van der Waals surface area contributed by atoms with Gasteiger partial charge in [0, 0.05) is 23.7 Å². The lowest BCUT2D eigenvalue weighted by Crippen LogP contribution is -2.10. The van der Waals surface area contributed by atoms with Gasteiger partial charge in [0.1, 0.15) is 9.71 Å². The molecule has 0 radical (unpaired) electrons. The van der Waals surface area contributed by atoms with Crippen LogP contribution in [-0.2, 0) is 0 Å². The van der Waals surface area contributed by atoms with Gasteiger partial charge in [-0.15, -0.1) is 11.3 Å². The molecular weight excluding hydrogens is 356 g/mol. The van der Waals surface area contributed by atoms with Crippen molar-refractivity contribution in [3.8, 4) is 11.3 Å². The number of aromatic nitrogens is 2. The molecule has 0 aliphatic heterocycles. The third-order valence-electron chi connectivity index (χ3n) is 4.05. The van der Waals surface area contributed by atoms with Gasteiger partial charge >= 0.3 is 0 Å². The maximum absolute atomic E-state index is 11.7. The number of nitrogens with zero attached hydrogens (tertiary/aromatic N) is 3. The van der Waals surface area contributed by atoms with Gasteiger partial charge in [-0.3, -0.25) is 14.9 Å². The molecule has 2 heterocycles. The minimum absolute atomic E-state index is 0.0603. The lowest BCUT2D eigenvalue weighted by molar-refractivity contribution is -0.384. The highest BCUT2D eigenvalue weighted by atomic mass is 32.1. The van der Waals surface area contributed by atoms with Crippen molar-refractivity contribution < 1.29 is 9.72 Å². The van der Waals surface area contributed by atoms with Crippen molar-refractivity contribution in [2.24, 2.45) is 5.73 Å². The fourth-order valence-corrected chi connectivity index (χ4v) is 3.60. The van der Waals surface area contributed by atoms with E-state index >= 15 is 0 Å². The van der Waals surface area contributed by atoms with Crippen LogP contribution in [0.2, 0.25) is 0 Å². The van der Waals surface area contributed by atoms with E-state index in [9.17, 15) is 14.9 Å². The van der Waals surface area contributed by atoms with E-state index in [4.69, 9.17) is 11.5 Å². The Kier molecular flexibility index (Phi) is 3.69. The summed E-state index contributed by atoms with van der Waals surface area (Å²) in [4.78, 5) is 31.9. The van der Waals surface area contributed by atoms with Gasteiger partial charge < -0.3 is 16.8 Å². The number of anilines is 2. The summed E-state index contributed by atoms with van der Waals surface area (Å²) in [6.45, 7) is 0. The van der Waals surface area contributed by atoms with E-state index in [0.717, 1.165) is 24.2 Å². The molecule has 0 saturated heterocycles. The van der Waals surface area contributed by atoms with Gasteiger partial charge in [-0.05, 0) is 12.8 Å². The number of nitrogens with one attached hydrogen (secondary N) is 1. The number of thiophene rings is 1. The van der Waals surface area contributed by atoms with E-state index in [1.165, 1.54) is 12.1 Å². The summed E-state index contributed by atoms with van der Waals surface area (Å²) in [5, 5.41) is 14.8. The number of hydrogen-bond acceptors (Lipinski definition) is 8. The molecule has 26 heavy (non-hydrogen) atoms. The summed E-state index contributed by atoms with van der Waals surface area (Å²) in [5.74, 6) is -0.244. The van der Waals surface area contributed by atoms with Crippen LogP contribution in [0.25, 0.3) is 21.5 Å². The first-order valence-electron chi connectivity index (χ1n) is 7.85. The van der Waals surface area contributed by atoms with Crippen LogP contribution in [0, 0.1) is 10.1 Å². The van der Waals surface area contributed by atoms with Crippen molar-refractivity contribution in [1.82, 2.24) is 9.97 Å². The zero-order chi connectivity index (χ0) is 18.4. The van der Waals surface area contributed by atoms with E-state index in [1.807, 2.05) is 0 Å². The highest BCUT2D eigenvalue weighted by Crippen LogP contribution is 2.39. The minimum atomic E-state index is -0.646. The van der Waals surface area contributed by atoms with Crippen molar-refractivity contribution in [1.29, 1.82) is 0 Å². The monoisotopic (exact) mass is 370 g/mol. The van der Waals surface area contributed by atoms with Gasteiger partial charge in [-0.25, -0.2) is 9.97 Å². The number of nitro groups is 1. The highest BCUT2D eigenvalue weighted by molar-refractivity contribution is 7.21. The zero-order valence-corrected chi connectivity index (χ0v) is 14.2. The van der Waals surface area contributed by atoms with Crippen molar-refractivity contribution >= 4 is 44.8 Å². The van der Waals surface area contributed by atoms with E-state index in [0.29, 0.717) is 33.5 Å². The average molecular weight is 370 g/mol. The van der Waals surface area contributed by atoms with E-state index in [-0.39, 0.29) is 16.3 Å². The fourth-order valence-electron chi connectivity index (χ4n) is 2.66. The first-order valence-corrected chi connectivity index (χ1v) is 8.67. The summed E-state index contributed by atoms with van der Waals surface area (Å²) in [6, 6.07) is 6.42. The second-order valence-electron chi connectivity index (χ2n) is 6.01. The summed E-state index contributed by atoms with van der Waals surface area (Å²) >= 11 is 1.09. The average Bonchev–Trinajstić information content (AvgIpc) is 3.36. The second-order valence-corrected chi connectivity index (χ2v) is 7.01. The number of hydrogen-bond donors (Lipinski definition) is 3. The maximum Gasteiger partial charge on any atom is 0.270 e. The lowest BCUT2D eigenvalue weighted by atomic mass is 10.1. The van der Waals surface area contributed by atoms with Crippen LogP contribution in [0.5, 0.6) is 0 Å². The topological polar surface area (TPSA) is 150 Å². The van der Waals surface area contributed by atoms with Gasteiger partial charge in [-0.1, -0.05) is 12.1 Å². The third-order valence-corrected chi connectivity index (χ3v) is 5.17. The lowest BCUT2D eigenvalue weighted by Gasteiger charge is -2.08. The smallest absolute Gasteiger partial charge is 0.270 e. The number of non-ortho nitro benzene ring substituents is 1. The predicted molar refractivity (Wildman–Crippen MR) is 99.1 cm³/mol. The van der Waals surface area contributed by atoms with Gasteiger partial charge in [0.2, 0.25) is 5.95 Å². The standard InChI is InChI=1S/C16H14N6O3S/c17-11-10-12(7-2-1-3-9(6-7)22(24)25)20-16(19-8-4-5-8)21-15(10)26-13(11)14(18)23/h1-3,6,8H,4-5,17H2,(H2,18,23)(H,19,20,21). The van der Waals surface area contributed by atoms with E-state index in [1.54, 1.807) is 12.1 Å². The van der Waals surface area contributed by atoms with E-state index < -0.39 is 10.8 Å². The van der Waals surface area contributed by atoms with Gasteiger partial charge in [0.05, 0.1) is 21.7 Å². The molecule has 132 valence electrons. The molecule has 1 aliphatic carbocycles. The van der Waals surface area contributed by atoms with Crippen LogP contribution in [0.4, 0.5) is 17.3 Å². The number of carbonyl (C=O) groups is 1. The van der Waals surface area contributed by atoms with Gasteiger partial charge in [-0.2, -0.15) is 0 Å². The molecule has 1 aliphatic rings. The number of rotatable bonds is 5. The molecule has 1 saturated carbocycles. The molecule has 1 aromatic carbocycles. The molecule has 0 bridgehead atoms. The Balaban J connectivity index is 1.97. The molecule has 1 amide bonds. The number of amides is 1. The maximum atomic E-state index is 11.7. The van der Waals surface area contributed by atoms with Crippen LogP contribution in [0.3, 0.4) is 0 Å². The van der Waals surface area contributed by atoms with Gasteiger partial charge in [0.15, 0.2) is 0 Å². The second kappa shape index (κ2) is 5.92. The zero-order valence-electron chi connectivity index (χ0n) is 13.4. The van der Waals surface area contributed by atoms with Crippen LogP contribution >= 0.6 is 11.3 Å². The largest absolute Gasteiger partial charge is 0.397 e. The Labute approximate surface area is 151 Å². The molecule has 4 rings (SSSR count). The van der Waals surface area contributed by atoms with Crippen LogP contribution in [0.1, 0.15) is 22.5 Å². The van der Waals surface area contributed by atoms with Crippen LogP contribution in [-0.4, -0.2) is 26.8 Å². The predicted octanol–water partition coefficient (Wildman–Crippen LogP) is 2.52. The normalized spacial score (nSPS) is 13.7. The molecule has 1 fully saturated rings. The molecule has 0 unspecified atom stereocenters. The minimum Gasteiger partial charge on any atom is -0.397 e. The Morgan fingerprint density at radius 3 is 2.77 bits per heavy atom. The number of nitrogens with two attached hydrogens (primary N) is 2. The molecule has 9 nitrogen and oxygen atoms in total. The Morgan fingerprint density at radius 1 is 1.35 bits per heavy atom. The quantitative estimate of drug-likeness (QED) is 0.461. The van der Waals surface area contributed by atoms with Crippen molar-refractivity contribution in [3.05, 3.63) is 39.3 Å². The number of nitrogen functional groups attached to an aromatic ring is 1. The Hall–Kier alpha value is -3.27. The first-order chi connectivity index (χ1) is 12.4. The summed E-state index contributed by atoms with van der Waals surface area (Å²) in [7, 11) is 0. The first kappa shape index (κ1) is 16.2. The van der Waals surface area contributed by atoms with E-state index in [2.05, 4.69) is 15.3 Å². The number of nitro benzene ring substituents is 1. The van der Waals surface area contributed by atoms with Crippen molar-refractivity contribution in [3.63, 3.8) is 0 Å². The van der Waals surface area contributed by atoms with Crippen LogP contribution in [0.15, 0.2) is 24.3 Å².